The van der Waals surface area contributed by atoms with Crippen LogP contribution >= 0.6 is 0 Å². The van der Waals surface area contributed by atoms with Crippen LogP contribution in [-0.4, -0.2) is 36.5 Å². The van der Waals surface area contributed by atoms with Crippen LogP contribution in [0.1, 0.15) is 32.6 Å². The molecule has 1 aliphatic heterocycles. The second kappa shape index (κ2) is 5.50. The summed E-state index contributed by atoms with van der Waals surface area (Å²) in [6.45, 7) is 4.37. The Morgan fingerprint density at radius 1 is 1.35 bits per heavy atom. The Hall–Kier alpha value is -1.08. The Morgan fingerprint density at radius 2 is 2.06 bits per heavy atom. The van der Waals surface area contributed by atoms with E-state index in [1.54, 1.807) is 4.90 Å². The van der Waals surface area contributed by atoms with E-state index >= 15 is 0 Å². The number of nitriles is 1. The molecule has 2 rings (SSSR count). The molecular weight excluding hydrogens is 214 g/mol. The van der Waals surface area contributed by atoms with Crippen molar-refractivity contribution in [3.63, 3.8) is 0 Å². The van der Waals surface area contributed by atoms with Gasteiger partial charge in [0.15, 0.2) is 0 Å². The van der Waals surface area contributed by atoms with E-state index in [0.717, 1.165) is 38.1 Å². The van der Waals surface area contributed by atoms with Crippen molar-refractivity contribution in [2.75, 3.05) is 19.6 Å². The molecule has 0 spiro atoms. The van der Waals surface area contributed by atoms with E-state index in [0.29, 0.717) is 13.1 Å². The van der Waals surface area contributed by atoms with Gasteiger partial charge < -0.3 is 10.2 Å². The summed E-state index contributed by atoms with van der Waals surface area (Å²) in [6, 6.07) is 1.96. The zero-order chi connectivity index (χ0) is 12.3. The topological polar surface area (TPSA) is 56.1 Å². The van der Waals surface area contributed by atoms with Gasteiger partial charge in [0.1, 0.15) is 6.04 Å². The lowest BCUT2D eigenvalue weighted by atomic mass is 9.82. The molecule has 2 fully saturated rings. The number of hydrogen-bond acceptors (Lipinski definition) is 3. The van der Waals surface area contributed by atoms with Crippen molar-refractivity contribution in [3.8, 4) is 6.07 Å². The largest absolute Gasteiger partial charge is 0.324 e. The lowest BCUT2D eigenvalue weighted by molar-refractivity contribution is -0.138. The summed E-state index contributed by atoms with van der Waals surface area (Å²) in [7, 11) is 0. The first-order valence-electron chi connectivity index (χ1n) is 6.63. The highest BCUT2D eigenvalue weighted by Crippen LogP contribution is 2.30. The smallest absolute Gasteiger partial charge is 0.226 e. The number of amides is 1. The van der Waals surface area contributed by atoms with Gasteiger partial charge in [0.05, 0.1) is 6.07 Å². The molecule has 1 saturated heterocycles. The van der Waals surface area contributed by atoms with Crippen molar-refractivity contribution in [2.45, 2.75) is 38.6 Å². The molecule has 1 atom stereocenters. The van der Waals surface area contributed by atoms with Crippen LogP contribution in [0, 0.1) is 23.2 Å². The minimum Gasteiger partial charge on any atom is -0.324 e. The molecular formula is C13H21N3O. The summed E-state index contributed by atoms with van der Waals surface area (Å²) in [6.07, 6.45) is 4.31. The molecule has 0 aromatic rings. The van der Waals surface area contributed by atoms with Gasteiger partial charge in [-0.3, -0.25) is 4.79 Å². The molecule has 4 nitrogen and oxygen atoms in total. The maximum absolute atomic E-state index is 12.4. The monoisotopic (exact) mass is 235 g/mol. The van der Waals surface area contributed by atoms with Crippen molar-refractivity contribution in [2.24, 2.45) is 11.8 Å². The van der Waals surface area contributed by atoms with Crippen molar-refractivity contribution in [1.29, 1.82) is 5.26 Å². The number of rotatable bonds is 1. The van der Waals surface area contributed by atoms with Crippen LogP contribution in [0.15, 0.2) is 0 Å². The van der Waals surface area contributed by atoms with Crippen LogP contribution in [0.4, 0.5) is 0 Å². The first-order chi connectivity index (χ1) is 8.22. The lowest BCUT2D eigenvalue weighted by Crippen LogP contribution is -2.54. The highest BCUT2D eigenvalue weighted by Gasteiger charge is 2.32. The summed E-state index contributed by atoms with van der Waals surface area (Å²) >= 11 is 0. The number of nitrogens with one attached hydrogen (secondary N) is 1. The van der Waals surface area contributed by atoms with Crippen LogP contribution in [0.5, 0.6) is 0 Å². The van der Waals surface area contributed by atoms with E-state index in [4.69, 9.17) is 5.26 Å². The molecule has 1 amide bonds. The first kappa shape index (κ1) is 12.4. The van der Waals surface area contributed by atoms with Gasteiger partial charge >= 0.3 is 0 Å². The van der Waals surface area contributed by atoms with Gasteiger partial charge in [-0.2, -0.15) is 5.26 Å². The Balaban J connectivity index is 1.96. The average molecular weight is 235 g/mol. The predicted molar refractivity (Wildman–Crippen MR) is 65.1 cm³/mol. The molecule has 1 heterocycles. The fourth-order valence-electron chi connectivity index (χ4n) is 2.82. The molecule has 0 aromatic heterocycles. The van der Waals surface area contributed by atoms with Crippen LogP contribution in [0.2, 0.25) is 0 Å². The van der Waals surface area contributed by atoms with Crippen LogP contribution in [0.25, 0.3) is 0 Å². The van der Waals surface area contributed by atoms with Crippen LogP contribution in [0.3, 0.4) is 0 Å². The maximum Gasteiger partial charge on any atom is 0.226 e. The highest BCUT2D eigenvalue weighted by atomic mass is 16.2. The predicted octanol–water partition coefficient (Wildman–Crippen LogP) is 1.14. The van der Waals surface area contributed by atoms with Gasteiger partial charge in [-0.15, -0.1) is 0 Å². The van der Waals surface area contributed by atoms with Crippen molar-refractivity contribution >= 4 is 5.91 Å². The SMILES string of the molecule is CC1CCC(C(=O)N2CCNCC2C#N)CC1. The van der Waals surface area contributed by atoms with E-state index in [9.17, 15) is 4.79 Å². The molecule has 1 N–H and O–H groups in total. The van der Waals surface area contributed by atoms with E-state index < -0.39 is 0 Å². The highest BCUT2D eigenvalue weighted by molar-refractivity contribution is 5.79. The third kappa shape index (κ3) is 2.78. The van der Waals surface area contributed by atoms with E-state index in [-0.39, 0.29) is 17.9 Å². The summed E-state index contributed by atoms with van der Waals surface area (Å²) < 4.78 is 0. The van der Waals surface area contributed by atoms with Crippen molar-refractivity contribution < 1.29 is 4.79 Å². The second-order valence-electron chi connectivity index (χ2n) is 5.34. The van der Waals surface area contributed by atoms with Crippen molar-refractivity contribution in [3.05, 3.63) is 0 Å². The van der Waals surface area contributed by atoms with Gasteiger partial charge in [0.2, 0.25) is 5.91 Å². The second-order valence-corrected chi connectivity index (χ2v) is 5.34. The maximum atomic E-state index is 12.4. The minimum absolute atomic E-state index is 0.167. The summed E-state index contributed by atoms with van der Waals surface area (Å²) in [5.41, 5.74) is 0. The summed E-state index contributed by atoms with van der Waals surface area (Å²) in [5, 5.41) is 12.2. The van der Waals surface area contributed by atoms with E-state index in [1.807, 2.05) is 0 Å². The normalized spacial score (nSPS) is 34.1. The molecule has 1 aliphatic carbocycles. The summed E-state index contributed by atoms with van der Waals surface area (Å²) in [5.74, 6) is 1.14. The molecule has 94 valence electrons. The van der Waals surface area contributed by atoms with E-state index in [2.05, 4.69) is 18.3 Å². The summed E-state index contributed by atoms with van der Waals surface area (Å²) in [4.78, 5) is 14.2. The Kier molecular flexibility index (Phi) is 4.01. The lowest BCUT2D eigenvalue weighted by Gasteiger charge is -2.36. The Bertz CT molecular complexity index is 315. The Morgan fingerprint density at radius 3 is 2.71 bits per heavy atom. The molecule has 0 aromatic carbocycles. The third-order valence-corrected chi connectivity index (χ3v) is 4.04. The number of hydrogen-bond donors (Lipinski definition) is 1. The molecule has 0 bridgehead atoms. The fraction of sp³-hybridized carbons (Fsp3) is 0.846. The van der Waals surface area contributed by atoms with Gasteiger partial charge in [0.25, 0.3) is 0 Å². The van der Waals surface area contributed by atoms with Gasteiger partial charge in [-0.05, 0) is 31.6 Å². The number of nitrogens with zero attached hydrogens (tertiary/aromatic N) is 2. The van der Waals surface area contributed by atoms with Crippen LogP contribution < -0.4 is 5.32 Å². The zero-order valence-electron chi connectivity index (χ0n) is 10.5. The first-order valence-corrected chi connectivity index (χ1v) is 6.63. The number of piperazine rings is 1. The average Bonchev–Trinajstić information content (AvgIpc) is 2.39. The van der Waals surface area contributed by atoms with Gasteiger partial charge in [-0.25, -0.2) is 0 Å². The fourth-order valence-corrected chi connectivity index (χ4v) is 2.82. The molecule has 2 aliphatic rings. The standard InChI is InChI=1S/C13H21N3O/c1-10-2-4-11(5-3-10)13(17)16-7-6-15-9-12(16)8-14/h10-12,15H,2-7,9H2,1H3. The Labute approximate surface area is 103 Å². The molecule has 1 saturated carbocycles. The van der Waals surface area contributed by atoms with Crippen LogP contribution in [-0.2, 0) is 4.79 Å². The molecule has 1 unspecified atom stereocenters. The van der Waals surface area contributed by atoms with Crippen molar-refractivity contribution in [1.82, 2.24) is 10.2 Å². The quantitative estimate of drug-likeness (QED) is 0.741. The zero-order valence-corrected chi connectivity index (χ0v) is 10.5. The number of carbonyl (C=O) groups is 1. The minimum atomic E-state index is -0.268. The number of carbonyl (C=O) groups excluding carboxylic acids is 1. The van der Waals surface area contributed by atoms with E-state index in [1.165, 1.54) is 0 Å². The third-order valence-electron chi connectivity index (χ3n) is 4.04. The van der Waals surface area contributed by atoms with Gasteiger partial charge in [-0.1, -0.05) is 6.92 Å². The molecule has 17 heavy (non-hydrogen) atoms. The molecule has 0 radical (unpaired) electrons. The van der Waals surface area contributed by atoms with Gasteiger partial charge in [0, 0.05) is 25.6 Å². The molecule has 4 heteroatoms.